The molecule has 0 spiro atoms. The molecule has 0 radical (unpaired) electrons. The van der Waals surface area contributed by atoms with Crippen LogP contribution < -0.4 is 0 Å². The molecule has 5 rings (SSSR count). The van der Waals surface area contributed by atoms with Crippen LogP contribution in [0.4, 0.5) is 0 Å². The van der Waals surface area contributed by atoms with Gasteiger partial charge in [0.05, 0.1) is 29.0 Å². The smallest absolute Gasteiger partial charge is 0.290 e. The maximum Gasteiger partial charge on any atom is 0.290 e. The fourth-order valence-electron chi connectivity index (χ4n) is 5.50. The summed E-state index contributed by atoms with van der Waals surface area (Å²) < 4.78 is 30.5. The summed E-state index contributed by atoms with van der Waals surface area (Å²) in [7, 11) is -3.18. The standard InChI is InChI=1S/C23H27NO5S/c1-2-14-7-9-15(10-8-14)20-19-21(25)17-5-3-4-6-18(17)29-22(19)23(26)24(20)16-11-12-30(27,28)13-16/h7-10,16-18,20H,2-6,11-13H2,1H3. The van der Waals surface area contributed by atoms with Gasteiger partial charge in [0.1, 0.15) is 6.10 Å². The van der Waals surface area contributed by atoms with Gasteiger partial charge in [0.2, 0.25) is 0 Å². The van der Waals surface area contributed by atoms with Crippen molar-refractivity contribution < 1.29 is 22.7 Å². The van der Waals surface area contributed by atoms with Crippen molar-refractivity contribution in [2.75, 3.05) is 11.5 Å². The number of ketones is 1. The number of hydrogen-bond acceptors (Lipinski definition) is 5. The first-order valence-corrected chi connectivity index (χ1v) is 12.8. The van der Waals surface area contributed by atoms with Crippen LogP contribution in [-0.4, -0.2) is 48.7 Å². The van der Waals surface area contributed by atoms with E-state index in [4.69, 9.17) is 4.74 Å². The predicted octanol–water partition coefficient (Wildman–Crippen LogP) is 2.73. The highest BCUT2D eigenvalue weighted by Gasteiger charge is 2.54. The first-order valence-electron chi connectivity index (χ1n) is 11.0. The van der Waals surface area contributed by atoms with E-state index < -0.39 is 21.9 Å². The third-order valence-corrected chi connectivity index (χ3v) is 8.85. The third-order valence-electron chi connectivity index (χ3n) is 7.10. The summed E-state index contributed by atoms with van der Waals surface area (Å²) >= 11 is 0. The highest BCUT2D eigenvalue weighted by Crippen LogP contribution is 2.48. The molecule has 3 aliphatic heterocycles. The number of aryl methyl sites for hydroxylation is 1. The van der Waals surface area contributed by atoms with Crippen molar-refractivity contribution in [1.29, 1.82) is 0 Å². The monoisotopic (exact) mass is 429 g/mol. The molecule has 1 amide bonds. The molecule has 1 aromatic carbocycles. The lowest BCUT2D eigenvalue weighted by Gasteiger charge is -2.35. The van der Waals surface area contributed by atoms with Gasteiger partial charge in [0.15, 0.2) is 21.4 Å². The molecule has 6 nitrogen and oxygen atoms in total. The Morgan fingerprint density at radius 3 is 2.47 bits per heavy atom. The van der Waals surface area contributed by atoms with Crippen LogP contribution in [0.5, 0.6) is 0 Å². The number of Topliss-reactive ketones (excluding diaryl/α,β-unsaturated/α-hetero) is 1. The number of carbonyl (C=O) groups is 2. The lowest BCUT2D eigenvalue weighted by molar-refractivity contribution is -0.136. The Labute approximate surface area is 177 Å². The summed E-state index contributed by atoms with van der Waals surface area (Å²) in [5, 5.41) is 0. The van der Waals surface area contributed by atoms with Gasteiger partial charge in [-0.15, -0.1) is 0 Å². The number of carbonyl (C=O) groups excluding carboxylic acids is 2. The van der Waals surface area contributed by atoms with E-state index in [1.165, 1.54) is 5.56 Å². The zero-order valence-corrected chi connectivity index (χ0v) is 18.0. The molecule has 1 saturated heterocycles. The molecule has 7 heteroatoms. The van der Waals surface area contributed by atoms with Crippen molar-refractivity contribution in [3.8, 4) is 0 Å². The van der Waals surface area contributed by atoms with Crippen molar-refractivity contribution in [3.63, 3.8) is 0 Å². The topological polar surface area (TPSA) is 80.8 Å². The van der Waals surface area contributed by atoms with Crippen LogP contribution >= 0.6 is 0 Å². The van der Waals surface area contributed by atoms with Gasteiger partial charge in [0.25, 0.3) is 5.91 Å². The number of nitrogens with zero attached hydrogens (tertiary/aromatic N) is 1. The van der Waals surface area contributed by atoms with Gasteiger partial charge in [-0.25, -0.2) is 8.42 Å². The number of sulfone groups is 1. The molecular formula is C23H27NO5S. The minimum atomic E-state index is -3.18. The van der Waals surface area contributed by atoms with Crippen LogP contribution in [0.2, 0.25) is 0 Å². The molecule has 0 N–H and O–H groups in total. The molecule has 30 heavy (non-hydrogen) atoms. The van der Waals surface area contributed by atoms with Crippen molar-refractivity contribution in [2.24, 2.45) is 5.92 Å². The number of rotatable bonds is 3. The minimum absolute atomic E-state index is 0.0159. The van der Waals surface area contributed by atoms with E-state index in [9.17, 15) is 18.0 Å². The average molecular weight is 430 g/mol. The van der Waals surface area contributed by atoms with Gasteiger partial charge >= 0.3 is 0 Å². The molecule has 4 unspecified atom stereocenters. The molecule has 3 heterocycles. The van der Waals surface area contributed by atoms with E-state index in [0.29, 0.717) is 12.0 Å². The lowest BCUT2D eigenvalue weighted by atomic mass is 9.77. The molecular weight excluding hydrogens is 402 g/mol. The van der Waals surface area contributed by atoms with Crippen LogP contribution in [0.25, 0.3) is 0 Å². The second-order valence-electron chi connectivity index (χ2n) is 8.92. The first kappa shape index (κ1) is 19.8. The van der Waals surface area contributed by atoms with Crippen LogP contribution in [0, 0.1) is 5.92 Å². The summed E-state index contributed by atoms with van der Waals surface area (Å²) in [5.74, 6) is -0.319. The van der Waals surface area contributed by atoms with E-state index >= 15 is 0 Å². The highest BCUT2D eigenvalue weighted by molar-refractivity contribution is 7.91. The van der Waals surface area contributed by atoms with E-state index in [1.54, 1.807) is 4.90 Å². The predicted molar refractivity (Wildman–Crippen MR) is 111 cm³/mol. The normalized spacial score (nSPS) is 32.8. The minimum Gasteiger partial charge on any atom is -0.483 e. The Balaban J connectivity index is 1.60. The summed E-state index contributed by atoms with van der Waals surface area (Å²) in [5.41, 5.74) is 2.46. The molecule has 1 saturated carbocycles. The SMILES string of the molecule is CCc1ccc(C2C3=C(OC4CCCCC4C3=O)C(=O)N2C2CCS(=O)(=O)C2)cc1. The molecule has 2 fully saturated rings. The second-order valence-corrected chi connectivity index (χ2v) is 11.1. The zero-order chi connectivity index (χ0) is 21.0. The van der Waals surface area contributed by atoms with Gasteiger partial charge in [-0.3, -0.25) is 9.59 Å². The Morgan fingerprint density at radius 2 is 1.80 bits per heavy atom. The van der Waals surface area contributed by atoms with Crippen molar-refractivity contribution >= 4 is 21.5 Å². The third kappa shape index (κ3) is 3.09. The van der Waals surface area contributed by atoms with Gasteiger partial charge in [0, 0.05) is 6.04 Å². The average Bonchev–Trinajstić information content (AvgIpc) is 3.25. The molecule has 4 atom stereocenters. The zero-order valence-electron chi connectivity index (χ0n) is 17.2. The maximum absolute atomic E-state index is 13.5. The van der Waals surface area contributed by atoms with Crippen LogP contribution in [0.15, 0.2) is 35.6 Å². The number of fused-ring (bicyclic) bond motifs is 1. The Hall–Kier alpha value is -2.15. The van der Waals surface area contributed by atoms with E-state index in [-0.39, 0.29) is 41.0 Å². The fourth-order valence-corrected chi connectivity index (χ4v) is 7.21. The van der Waals surface area contributed by atoms with Crippen molar-refractivity contribution in [3.05, 3.63) is 46.7 Å². The Morgan fingerprint density at radius 1 is 1.07 bits per heavy atom. The molecule has 4 aliphatic rings. The quantitative estimate of drug-likeness (QED) is 0.738. The van der Waals surface area contributed by atoms with Crippen molar-refractivity contribution in [1.82, 2.24) is 4.90 Å². The highest BCUT2D eigenvalue weighted by atomic mass is 32.2. The Bertz CT molecular complexity index is 1030. The lowest BCUT2D eigenvalue weighted by Crippen LogP contribution is -2.41. The summed E-state index contributed by atoms with van der Waals surface area (Å²) in [6.07, 6.45) is 4.63. The second kappa shape index (κ2) is 7.22. The summed E-state index contributed by atoms with van der Waals surface area (Å²) in [4.78, 5) is 28.6. The molecule has 1 aromatic rings. The van der Waals surface area contributed by atoms with E-state index in [0.717, 1.165) is 37.7 Å². The van der Waals surface area contributed by atoms with E-state index in [1.807, 2.05) is 24.3 Å². The van der Waals surface area contributed by atoms with Crippen LogP contribution in [0.1, 0.15) is 56.2 Å². The largest absolute Gasteiger partial charge is 0.483 e. The molecule has 0 aromatic heterocycles. The fraction of sp³-hybridized carbons (Fsp3) is 0.565. The Kier molecular flexibility index (Phi) is 4.76. The van der Waals surface area contributed by atoms with Gasteiger partial charge in [-0.05, 0) is 43.2 Å². The van der Waals surface area contributed by atoms with Crippen molar-refractivity contribution in [2.45, 2.75) is 63.6 Å². The number of hydrogen-bond donors (Lipinski definition) is 0. The number of amides is 1. The van der Waals surface area contributed by atoms with Gasteiger partial charge in [-0.1, -0.05) is 37.6 Å². The molecule has 0 bridgehead atoms. The van der Waals surface area contributed by atoms with Gasteiger partial charge < -0.3 is 9.64 Å². The molecule has 160 valence electrons. The maximum atomic E-state index is 13.5. The first-order chi connectivity index (χ1) is 14.4. The molecule has 1 aliphatic carbocycles. The van der Waals surface area contributed by atoms with Crippen LogP contribution in [0.3, 0.4) is 0 Å². The number of benzene rings is 1. The summed E-state index contributed by atoms with van der Waals surface area (Å²) in [6, 6.07) is 6.96. The van der Waals surface area contributed by atoms with Gasteiger partial charge in [-0.2, -0.15) is 0 Å². The number of ether oxygens (including phenoxy) is 1. The van der Waals surface area contributed by atoms with Crippen LogP contribution in [-0.2, 0) is 30.6 Å². The summed E-state index contributed by atoms with van der Waals surface area (Å²) in [6.45, 7) is 2.08. The van der Waals surface area contributed by atoms with E-state index in [2.05, 4.69) is 6.92 Å².